The van der Waals surface area contributed by atoms with Crippen LogP contribution in [0.4, 0.5) is 10.1 Å². The van der Waals surface area contributed by atoms with Gasteiger partial charge in [-0.3, -0.25) is 9.59 Å². The Bertz CT molecular complexity index is 700. The first-order chi connectivity index (χ1) is 12.1. The molecule has 0 saturated heterocycles. The van der Waals surface area contributed by atoms with E-state index >= 15 is 0 Å². The van der Waals surface area contributed by atoms with Gasteiger partial charge in [-0.05, 0) is 62.0 Å². The standard InChI is InChI=1S/C19H22FN3O2/c1-21-12-2-3-18(24)22-13-14-4-6-15(7-5-14)19(25)23-17-10-8-16(20)9-11-17/h4-11,21H,2-3,12-13H2,1H3,(H,22,24)(H,23,25). The zero-order chi connectivity index (χ0) is 18.1. The average molecular weight is 343 g/mol. The first kappa shape index (κ1) is 18.6. The summed E-state index contributed by atoms with van der Waals surface area (Å²) in [4.78, 5) is 23.8. The highest BCUT2D eigenvalue weighted by atomic mass is 19.1. The molecule has 0 radical (unpaired) electrons. The molecule has 0 saturated carbocycles. The largest absolute Gasteiger partial charge is 0.352 e. The predicted molar refractivity (Wildman–Crippen MR) is 95.8 cm³/mol. The molecule has 2 aromatic rings. The van der Waals surface area contributed by atoms with Crippen LogP contribution in [0.2, 0.25) is 0 Å². The number of carbonyl (C=O) groups excluding carboxylic acids is 2. The SMILES string of the molecule is CNCCCC(=O)NCc1ccc(C(=O)Nc2ccc(F)cc2)cc1. The lowest BCUT2D eigenvalue weighted by molar-refractivity contribution is -0.121. The van der Waals surface area contributed by atoms with Gasteiger partial charge in [0.05, 0.1) is 0 Å². The summed E-state index contributed by atoms with van der Waals surface area (Å²) in [7, 11) is 1.85. The first-order valence-electron chi connectivity index (χ1n) is 8.15. The number of rotatable bonds is 8. The molecule has 3 N–H and O–H groups in total. The molecular formula is C19H22FN3O2. The molecule has 0 heterocycles. The van der Waals surface area contributed by atoms with Crippen LogP contribution in [0.3, 0.4) is 0 Å². The highest BCUT2D eigenvalue weighted by Crippen LogP contribution is 2.11. The van der Waals surface area contributed by atoms with E-state index in [0.29, 0.717) is 24.2 Å². The van der Waals surface area contributed by atoms with Gasteiger partial charge in [0.1, 0.15) is 5.82 Å². The second-order valence-corrected chi connectivity index (χ2v) is 5.64. The molecule has 132 valence electrons. The minimum Gasteiger partial charge on any atom is -0.352 e. The quantitative estimate of drug-likeness (QED) is 0.646. The Labute approximate surface area is 146 Å². The maximum Gasteiger partial charge on any atom is 0.255 e. The van der Waals surface area contributed by atoms with Crippen LogP contribution >= 0.6 is 0 Å². The van der Waals surface area contributed by atoms with Gasteiger partial charge in [-0.1, -0.05) is 12.1 Å². The molecule has 0 spiro atoms. The number of benzene rings is 2. The van der Waals surface area contributed by atoms with Gasteiger partial charge >= 0.3 is 0 Å². The normalized spacial score (nSPS) is 10.3. The third-order valence-corrected chi connectivity index (χ3v) is 3.64. The molecule has 25 heavy (non-hydrogen) atoms. The van der Waals surface area contributed by atoms with Gasteiger partial charge in [-0.15, -0.1) is 0 Å². The summed E-state index contributed by atoms with van der Waals surface area (Å²) in [6.45, 7) is 1.24. The summed E-state index contributed by atoms with van der Waals surface area (Å²) in [6.07, 6.45) is 1.28. The lowest BCUT2D eigenvalue weighted by Gasteiger charge is -2.08. The summed E-state index contributed by atoms with van der Waals surface area (Å²) in [5.74, 6) is -0.613. The van der Waals surface area contributed by atoms with Crippen molar-refractivity contribution in [2.75, 3.05) is 18.9 Å². The third-order valence-electron chi connectivity index (χ3n) is 3.64. The van der Waals surface area contributed by atoms with E-state index in [1.807, 2.05) is 7.05 Å². The van der Waals surface area contributed by atoms with Crippen LogP contribution in [0.25, 0.3) is 0 Å². The van der Waals surface area contributed by atoms with E-state index in [4.69, 9.17) is 0 Å². The maximum atomic E-state index is 12.9. The van der Waals surface area contributed by atoms with Crippen molar-refractivity contribution in [1.29, 1.82) is 0 Å². The molecular weight excluding hydrogens is 321 g/mol. The molecule has 2 amide bonds. The smallest absolute Gasteiger partial charge is 0.255 e. The van der Waals surface area contributed by atoms with Gasteiger partial charge in [-0.25, -0.2) is 4.39 Å². The average Bonchev–Trinajstić information content (AvgIpc) is 2.62. The van der Waals surface area contributed by atoms with Crippen LogP contribution in [-0.4, -0.2) is 25.4 Å². The number of nitrogens with one attached hydrogen (secondary N) is 3. The number of anilines is 1. The Kier molecular flexibility index (Phi) is 7.10. The fourth-order valence-corrected chi connectivity index (χ4v) is 2.23. The molecule has 0 bridgehead atoms. The third kappa shape index (κ3) is 6.35. The summed E-state index contributed by atoms with van der Waals surface area (Å²) in [5, 5.41) is 8.55. The molecule has 2 aromatic carbocycles. The van der Waals surface area contributed by atoms with Crippen LogP contribution in [0.1, 0.15) is 28.8 Å². The maximum absolute atomic E-state index is 12.9. The number of carbonyl (C=O) groups is 2. The van der Waals surface area contributed by atoms with Crippen LogP contribution in [0, 0.1) is 5.82 Å². The van der Waals surface area contributed by atoms with E-state index in [-0.39, 0.29) is 17.6 Å². The summed E-state index contributed by atoms with van der Waals surface area (Å²) in [5.41, 5.74) is 1.94. The van der Waals surface area contributed by atoms with E-state index in [2.05, 4.69) is 16.0 Å². The van der Waals surface area contributed by atoms with Crippen molar-refractivity contribution in [2.45, 2.75) is 19.4 Å². The van der Waals surface area contributed by atoms with Crippen molar-refractivity contribution in [2.24, 2.45) is 0 Å². The Balaban J connectivity index is 1.83. The van der Waals surface area contributed by atoms with Crippen LogP contribution in [0.5, 0.6) is 0 Å². The molecule has 0 aliphatic carbocycles. The van der Waals surface area contributed by atoms with Crippen LogP contribution in [-0.2, 0) is 11.3 Å². The summed E-state index contributed by atoms with van der Waals surface area (Å²) in [6, 6.07) is 12.6. The second kappa shape index (κ2) is 9.54. The van der Waals surface area contributed by atoms with Gasteiger partial charge in [0.25, 0.3) is 5.91 Å². The molecule has 0 fully saturated rings. The molecule has 0 atom stereocenters. The summed E-state index contributed by atoms with van der Waals surface area (Å²) >= 11 is 0. The predicted octanol–water partition coefficient (Wildman–Crippen LogP) is 2.69. The molecule has 2 rings (SSSR count). The highest BCUT2D eigenvalue weighted by molar-refractivity contribution is 6.04. The fourth-order valence-electron chi connectivity index (χ4n) is 2.23. The molecule has 0 aliphatic heterocycles. The molecule has 0 aromatic heterocycles. The van der Waals surface area contributed by atoms with Gasteiger partial charge < -0.3 is 16.0 Å². The lowest BCUT2D eigenvalue weighted by atomic mass is 10.1. The lowest BCUT2D eigenvalue weighted by Crippen LogP contribution is -2.23. The highest BCUT2D eigenvalue weighted by Gasteiger charge is 2.07. The minimum atomic E-state index is -0.352. The van der Waals surface area contributed by atoms with Gasteiger partial charge in [0.2, 0.25) is 5.91 Å². The number of amides is 2. The Morgan fingerprint density at radius 1 is 1.00 bits per heavy atom. The van der Waals surface area contributed by atoms with E-state index in [1.54, 1.807) is 24.3 Å². The number of hydrogen-bond acceptors (Lipinski definition) is 3. The number of halogens is 1. The van der Waals surface area contributed by atoms with Crippen molar-refractivity contribution in [1.82, 2.24) is 10.6 Å². The number of hydrogen-bond donors (Lipinski definition) is 3. The van der Waals surface area contributed by atoms with Crippen molar-refractivity contribution < 1.29 is 14.0 Å². The molecule has 0 aliphatic rings. The zero-order valence-electron chi connectivity index (χ0n) is 14.1. The van der Waals surface area contributed by atoms with Crippen LogP contribution in [0.15, 0.2) is 48.5 Å². The van der Waals surface area contributed by atoms with Gasteiger partial charge in [-0.2, -0.15) is 0 Å². The van der Waals surface area contributed by atoms with E-state index in [9.17, 15) is 14.0 Å². The first-order valence-corrected chi connectivity index (χ1v) is 8.15. The zero-order valence-corrected chi connectivity index (χ0v) is 14.1. The molecule has 0 unspecified atom stereocenters. The van der Waals surface area contributed by atoms with E-state index < -0.39 is 0 Å². The minimum absolute atomic E-state index is 0.00776. The molecule has 5 nitrogen and oxygen atoms in total. The monoisotopic (exact) mass is 343 g/mol. The Morgan fingerprint density at radius 2 is 1.68 bits per heavy atom. The molecule has 6 heteroatoms. The van der Waals surface area contributed by atoms with Crippen LogP contribution < -0.4 is 16.0 Å². The topological polar surface area (TPSA) is 70.2 Å². The van der Waals surface area contributed by atoms with E-state index in [1.165, 1.54) is 24.3 Å². The van der Waals surface area contributed by atoms with E-state index in [0.717, 1.165) is 18.5 Å². The second-order valence-electron chi connectivity index (χ2n) is 5.64. The van der Waals surface area contributed by atoms with Crippen molar-refractivity contribution in [3.05, 3.63) is 65.5 Å². The van der Waals surface area contributed by atoms with Crippen molar-refractivity contribution >= 4 is 17.5 Å². The van der Waals surface area contributed by atoms with Crippen molar-refractivity contribution in [3.8, 4) is 0 Å². The van der Waals surface area contributed by atoms with Gasteiger partial charge in [0.15, 0.2) is 0 Å². The van der Waals surface area contributed by atoms with Gasteiger partial charge in [0, 0.05) is 24.2 Å². The Hall–Kier alpha value is -2.73. The van der Waals surface area contributed by atoms with Crippen molar-refractivity contribution in [3.63, 3.8) is 0 Å². The Morgan fingerprint density at radius 3 is 2.32 bits per heavy atom. The summed E-state index contributed by atoms with van der Waals surface area (Å²) < 4.78 is 12.9. The fraction of sp³-hybridized carbons (Fsp3) is 0.263.